The third-order valence-corrected chi connectivity index (χ3v) is 6.49. The monoisotopic (exact) mass is 339 g/mol. The summed E-state index contributed by atoms with van der Waals surface area (Å²) in [5.74, 6) is -0.666. The van der Waals surface area contributed by atoms with E-state index in [2.05, 4.69) is 0 Å². The smallest absolute Gasteiger partial charge is 0.155 e. The van der Waals surface area contributed by atoms with Gasteiger partial charge in [0.15, 0.2) is 9.84 Å². The molecule has 2 atom stereocenters. The maximum Gasteiger partial charge on any atom is 0.155 e. The zero-order chi connectivity index (χ0) is 15.7. The van der Waals surface area contributed by atoms with Gasteiger partial charge in [-0.3, -0.25) is 0 Å². The van der Waals surface area contributed by atoms with E-state index in [1.807, 2.05) is 0 Å². The summed E-state index contributed by atoms with van der Waals surface area (Å²) in [6.07, 6.45) is -0.141. The van der Waals surface area contributed by atoms with Crippen molar-refractivity contribution >= 4 is 33.0 Å². The largest absolute Gasteiger partial charge is 0.391 e. The molecule has 1 aromatic rings. The summed E-state index contributed by atoms with van der Waals surface area (Å²) < 4.78 is 22.3. The van der Waals surface area contributed by atoms with Gasteiger partial charge in [-0.1, -0.05) is 29.3 Å². The first-order valence-corrected chi connectivity index (χ1v) is 8.70. The van der Waals surface area contributed by atoms with Crippen LogP contribution in [0, 0.1) is 0 Å². The van der Waals surface area contributed by atoms with Crippen LogP contribution in [-0.2, 0) is 9.84 Å². The summed E-state index contributed by atoms with van der Waals surface area (Å²) in [6, 6.07) is 4.94. The molecule has 0 radical (unpaired) electrons. The van der Waals surface area contributed by atoms with Gasteiger partial charge in [0.05, 0.1) is 10.9 Å². The minimum Gasteiger partial charge on any atom is -0.391 e. The first-order chi connectivity index (χ1) is 9.04. The quantitative estimate of drug-likeness (QED) is 0.861. The Kier molecular flexibility index (Phi) is 5.49. The predicted molar refractivity (Wildman–Crippen MR) is 83.2 cm³/mol. The van der Waals surface area contributed by atoms with E-state index in [0.717, 1.165) is 6.26 Å². The average molecular weight is 340 g/mol. The average Bonchev–Trinajstić information content (AvgIpc) is 2.31. The minimum absolute atomic E-state index is 0.0313. The van der Waals surface area contributed by atoms with Crippen molar-refractivity contribution in [2.75, 3.05) is 12.8 Å². The Morgan fingerprint density at radius 2 is 1.75 bits per heavy atom. The Bertz CT molecular complexity index is 567. The summed E-state index contributed by atoms with van der Waals surface area (Å²) >= 11 is 12.2. The molecule has 7 heteroatoms. The van der Waals surface area contributed by atoms with Crippen LogP contribution < -0.4 is 5.73 Å². The fraction of sp³-hybridized carbons (Fsp3) is 0.538. The number of hydrogen-bond acceptors (Lipinski definition) is 4. The van der Waals surface area contributed by atoms with Crippen LogP contribution in [-0.4, -0.2) is 37.2 Å². The zero-order valence-electron chi connectivity index (χ0n) is 11.6. The van der Waals surface area contributed by atoms with E-state index in [-0.39, 0.29) is 6.54 Å². The van der Waals surface area contributed by atoms with Crippen molar-refractivity contribution in [1.82, 2.24) is 0 Å². The Hall–Kier alpha value is -0.330. The first-order valence-electron chi connectivity index (χ1n) is 6.05. The molecule has 114 valence electrons. The molecule has 1 aromatic carbocycles. The molecule has 0 saturated carbocycles. The molecule has 20 heavy (non-hydrogen) atoms. The molecule has 1 rings (SSSR count). The Morgan fingerprint density at radius 1 is 1.30 bits per heavy atom. The Balaban J connectivity index is 3.34. The van der Waals surface area contributed by atoms with Crippen LogP contribution in [0.3, 0.4) is 0 Å². The van der Waals surface area contributed by atoms with Crippen molar-refractivity contribution < 1.29 is 13.5 Å². The molecule has 3 N–H and O–H groups in total. The lowest BCUT2D eigenvalue weighted by atomic mass is 9.86. The van der Waals surface area contributed by atoms with Gasteiger partial charge in [0.25, 0.3) is 0 Å². The molecule has 0 amide bonds. The Morgan fingerprint density at radius 3 is 2.10 bits per heavy atom. The third-order valence-electron chi connectivity index (χ3n) is 3.67. The van der Waals surface area contributed by atoms with Gasteiger partial charge in [0.1, 0.15) is 0 Å². The van der Waals surface area contributed by atoms with Gasteiger partial charge in [-0.15, -0.1) is 0 Å². The normalized spacial score (nSPS) is 15.9. The fourth-order valence-corrected chi connectivity index (χ4v) is 3.25. The van der Waals surface area contributed by atoms with Crippen LogP contribution >= 0.6 is 23.2 Å². The summed E-state index contributed by atoms with van der Waals surface area (Å²) in [4.78, 5) is 0. The zero-order valence-corrected chi connectivity index (χ0v) is 13.9. The van der Waals surface area contributed by atoms with Crippen molar-refractivity contribution in [1.29, 1.82) is 0 Å². The highest BCUT2D eigenvalue weighted by Crippen LogP contribution is 2.37. The molecule has 0 fully saturated rings. The molecule has 2 unspecified atom stereocenters. The predicted octanol–water partition coefficient (Wildman–Crippen LogP) is 2.22. The van der Waals surface area contributed by atoms with Gasteiger partial charge in [0.2, 0.25) is 0 Å². The van der Waals surface area contributed by atoms with E-state index < -0.39 is 26.6 Å². The SMILES string of the molecule is CC(C)(C(O)C(CN)c1c(Cl)cccc1Cl)S(C)(=O)=O. The van der Waals surface area contributed by atoms with Crippen LogP contribution in [0.25, 0.3) is 0 Å². The number of hydrogen-bond donors (Lipinski definition) is 2. The molecule has 4 nitrogen and oxygen atoms in total. The number of aliphatic hydroxyl groups is 1. The molecule has 0 heterocycles. The van der Waals surface area contributed by atoms with Crippen molar-refractivity contribution in [3.8, 4) is 0 Å². The number of nitrogens with two attached hydrogens (primary N) is 1. The topological polar surface area (TPSA) is 80.4 Å². The van der Waals surface area contributed by atoms with Crippen molar-refractivity contribution in [2.45, 2.75) is 30.6 Å². The molecule has 0 aliphatic heterocycles. The van der Waals surface area contributed by atoms with E-state index in [0.29, 0.717) is 15.6 Å². The molecular weight excluding hydrogens is 321 g/mol. The van der Waals surface area contributed by atoms with Crippen molar-refractivity contribution in [3.63, 3.8) is 0 Å². The number of aliphatic hydroxyl groups excluding tert-OH is 1. The lowest BCUT2D eigenvalue weighted by Crippen LogP contribution is -2.48. The maximum absolute atomic E-state index is 11.8. The summed E-state index contributed by atoms with van der Waals surface area (Å²) in [5.41, 5.74) is 6.19. The van der Waals surface area contributed by atoms with Gasteiger partial charge in [-0.25, -0.2) is 8.42 Å². The highest BCUT2D eigenvalue weighted by molar-refractivity contribution is 7.92. The molecule has 0 bridgehead atoms. The lowest BCUT2D eigenvalue weighted by molar-refractivity contribution is 0.110. The highest BCUT2D eigenvalue weighted by Gasteiger charge is 2.43. The number of benzene rings is 1. The summed E-state index contributed by atoms with van der Waals surface area (Å²) in [6.45, 7) is 2.95. The standard InChI is InChI=1S/C13H19Cl2NO3S/c1-13(2,20(3,18)19)12(17)8(7-16)11-9(14)5-4-6-10(11)15/h4-6,8,12,17H,7,16H2,1-3H3. The first kappa shape index (κ1) is 17.7. The van der Waals surface area contributed by atoms with Crippen LogP contribution in [0.15, 0.2) is 18.2 Å². The number of halogens is 2. The second-order valence-corrected chi connectivity index (χ2v) is 8.71. The van der Waals surface area contributed by atoms with Crippen LogP contribution in [0.1, 0.15) is 25.3 Å². The van der Waals surface area contributed by atoms with Crippen LogP contribution in [0.4, 0.5) is 0 Å². The van der Waals surface area contributed by atoms with Gasteiger partial charge in [-0.05, 0) is 31.5 Å². The van der Waals surface area contributed by atoms with Crippen LogP contribution in [0.5, 0.6) is 0 Å². The number of rotatable bonds is 5. The van der Waals surface area contributed by atoms with Crippen LogP contribution in [0.2, 0.25) is 10.0 Å². The highest BCUT2D eigenvalue weighted by atomic mass is 35.5. The molecule has 0 spiro atoms. The van der Waals surface area contributed by atoms with Crippen molar-refractivity contribution in [3.05, 3.63) is 33.8 Å². The second-order valence-electron chi connectivity index (χ2n) is 5.30. The molecule has 0 aliphatic rings. The second kappa shape index (κ2) is 6.20. The molecular formula is C13H19Cl2NO3S. The van der Waals surface area contributed by atoms with Gasteiger partial charge in [0, 0.05) is 28.8 Å². The summed E-state index contributed by atoms with van der Waals surface area (Å²) in [5, 5.41) is 11.2. The Labute approximate surface area is 129 Å². The van der Waals surface area contributed by atoms with E-state index in [4.69, 9.17) is 28.9 Å². The van der Waals surface area contributed by atoms with Crippen molar-refractivity contribution in [2.24, 2.45) is 5.73 Å². The lowest BCUT2D eigenvalue weighted by Gasteiger charge is -2.34. The van der Waals surface area contributed by atoms with E-state index in [1.54, 1.807) is 18.2 Å². The minimum atomic E-state index is -3.48. The van der Waals surface area contributed by atoms with E-state index in [1.165, 1.54) is 13.8 Å². The van der Waals surface area contributed by atoms with Gasteiger partial charge < -0.3 is 10.8 Å². The third kappa shape index (κ3) is 3.28. The van der Waals surface area contributed by atoms with E-state index in [9.17, 15) is 13.5 Å². The molecule has 0 aliphatic carbocycles. The van der Waals surface area contributed by atoms with E-state index >= 15 is 0 Å². The summed E-state index contributed by atoms with van der Waals surface area (Å²) in [7, 11) is -3.48. The molecule has 0 saturated heterocycles. The maximum atomic E-state index is 11.8. The molecule has 0 aromatic heterocycles. The number of sulfone groups is 1. The fourth-order valence-electron chi connectivity index (χ4n) is 1.97. The van der Waals surface area contributed by atoms with Gasteiger partial charge in [-0.2, -0.15) is 0 Å². The van der Waals surface area contributed by atoms with Gasteiger partial charge >= 0.3 is 0 Å².